The number of rotatable bonds is 4. The van der Waals surface area contributed by atoms with Gasteiger partial charge in [-0.2, -0.15) is 0 Å². The van der Waals surface area contributed by atoms with E-state index in [4.69, 9.17) is 0 Å². The zero-order chi connectivity index (χ0) is 9.73. The summed E-state index contributed by atoms with van der Waals surface area (Å²) in [5, 5.41) is 10.3. The van der Waals surface area contributed by atoms with Crippen molar-refractivity contribution in [3.8, 4) is 0 Å². The first kappa shape index (κ1) is 10.2. The van der Waals surface area contributed by atoms with E-state index in [0.29, 0.717) is 0 Å². The van der Waals surface area contributed by atoms with Crippen LogP contribution in [0.2, 0.25) is 0 Å². The molecule has 0 amide bonds. The first-order chi connectivity index (χ1) is 6.23. The van der Waals surface area contributed by atoms with E-state index in [1.54, 1.807) is 12.4 Å². The molecule has 2 nitrogen and oxygen atoms in total. The number of hydrogen-bond acceptors (Lipinski definition) is 2. The summed E-state index contributed by atoms with van der Waals surface area (Å²) in [5.41, 5.74) is 0.323. The molecule has 1 aromatic heterocycles. The van der Waals surface area contributed by atoms with Gasteiger partial charge in [0, 0.05) is 12.4 Å². The first-order valence-electron chi connectivity index (χ1n) is 4.86. The third-order valence-corrected chi connectivity index (χ3v) is 2.47. The Morgan fingerprint density at radius 1 is 1.31 bits per heavy atom. The molecule has 72 valence electrons. The molecule has 1 N–H and O–H groups in total. The van der Waals surface area contributed by atoms with E-state index < -0.39 is 5.60 Å². The Morgan fingerprint density at radius 2 is 1.92 bits per heavy atom. The Bertz CT molecular complexity index is 248. The predicted molar refractivity (Wildman–Crippen MR) is 53.3 cm³/mol. The minimum Gasteiger partial charge on any atom is -0.385 e. The number of hydrogen-bond donors (Lipinski definition) is 1. The van der Waals surface area contributed by atoms with Crippen LogP contribution in [0.15, 0.2) is 24.5 Å². The van der Waals surface area contributed by atoms with Gasteiger partial charge in [0.15, 0.2) is 0 Å². The van der Waals surface area contributed by atoms with Crippen LogP contribution in [-0.4, -0.2) is 10.1 Å². The normalized spacial score (nSPS) is 15.3. The van der Waals surface area contributed by atoms with Crippen molar-refractivity contribution >= 4 is 0 Å². The van der Waals surface area contributed by atoms with Gasteiger partial charge in [-0.15, -0.1) is 0 Å². The molecular weight excluding hydrogens is 162 g/mol. The van der Waals surface area contributed by atoms with Gasteiger partial charge in [-0.05, 0) is 30.5 Å². The molecule has 0 aliphatic carbocycles. The van der Waals surface area contributed by atoms with Crippen molar-refractivity contribution in [1.82, 2.24) is 4.98 Å². The zero-order valence-electron chi connectivity index (χ0n) is 8.33. The van der Waals surface area contributed by atoms with Gasteiger partial charge in [0.25, 0.3) is 0 Å². The van der Waals surface area contributed by atoms with Crippen molar-refractivity contribution in [1.29, 1.82) is 0 Å². The van der Waals surface area contributed by atoms with Crippen LogP contribution in [0.1, 0.15) is 38.7 Å². The van der Waals surface area contributed by atoms with E-state index in [9.17, 15) is 5.11 Å². The molecule has 0 aliphatic rings. The van der Waals surface area contributed by atoms with Crippen molar-refractivity contribution in [3.63, 3.8) is 0 Å². The van der Waals surface area contributed by atoms with Crippen LogP contribution in [0.4, 0.5) is 0 Å². The summed E-state index contributed by atoms with van der Waals surface area (Å²) in [5.74, 6) is 0. The molecule has 0 saturated heterocycles. The van der Waals surface area contributed by atoms with Crippen LogP contribution in [0.5, 0.6) is 0 Å². The van der Waals surface area contributed by atoms with Gasteiger partial charge in [-0.1, -0.05) is 20.3 Å². The van der Waals surface area contributed by atoms with Crippen LogP contribution in [0.25, 0.3) is 0 Å². The summed E-state index contributed by atoms with van der Waals surface area (Å²) in [7, 11) is 0. The molecule has 0 bridgehead atoms. The van der Waals surface area contributed by atoms with E-state index >= 15 is 0 Å². The molecule has 1 unspecified atom stereocenters. The highest BCUT2D eigenvalue weighted by Crippen LogP contribution is 2.29. The van der Waals surface area contributed by atoms with E-state index in [1.165, 1.54) is 0 Å². The highest BCUT2D eigenvalue weighted by Gasteiger charge is 2.25. The summed E-state index contributed by atoms with van der Waals surface area (Å²) >= 11 is 0. The Balaban J connectivity index is 2.89. The van der Waals surface area contributed by atoms with Crippen LogP contribution in [0, 0.1) is 0 Å². The Morgan fingerprint density at radius 3 is 2.38 bits per heavy atom. The number of pyridine rings is 1. The second-order valence-electron chi connectivity index (χ2n) is 3.37. The molecule has 1 atom stereocenters. The fourth-order valence-corrected chi connectivity index (χ4v) is 1.60. The smallest absolute Gasteiger partial charge is 0.0894 e. The summed E-state index contributed by atoms with van der Waals surface area (Å²) in [6.07, 6.45) is 6.02. The van der Waals surface area contributed by atoms with Crippen LogP contribution in [0.3, 0.4) is 0 Å². The lowest BCUT2D eigenvalue weighted by Gasteiger charge is -2.26. The summed E-state index contributed by atoms with van der Waals surface area (Å²) in [6, 6.07) is 3.78. The topological polar surface area (TPSA) is 33.1 Å². The SMILES string of the molecule is CCCC(O)(CC)c1ccncc1. The number of aliphatic hydroxyl groups is 1. The lowest BCUT2D eigenvalue weighted by molar-refractivity contribution is 0.0225. The molecule has 0 saturated carbocycles. The Labute approximate surface area is 79.6 Å². The fourth-order valence-electron chi connectivity index (χ4n) is 1.60. The third kappa shape index (κ3) is 2.28. The first-order valence-corrected chi connectivity index (χ1v) is 4.86. The van der Waals surface area contributed by atoms with Crippen molar-refractivity contribution < 1.29 is 5.11 Å². The van der Waals surface area contributed by atoms with Gasteiger partial charge in [-0.3, -0.25) is 4.98 Å². The highest BCUT2D eigenvalue weighted by molar-refractivity contribution is 5.18. The predicted octanol–water partition coefficient (Wildman–Crippen LogP) is 2.48. The largest absolute Gasteiger partial charge is 0.385 e. The minimum absolute atomic E-state index is 0.655. The van der Waals surface area contributed by atoms with E-state index in [0.717, 1.165) is 24.8 Å². The summed E-state index contributed by atoms with van der Waals surface area (Å²) in [4.78, 5) is 3.94. The van der Waals surface area contributed by atoms with Crippen molar-refractivity contribution in [2.75, 3.05) is 0 Å². The minimum atomic E-state index is -0.655. The second-order valence-corrected chi connectivity index (χ2v) is 3.37. The summed E-state index contributed by atoms with van der Waals surface area (Å²) < 4.78 is 0. The van der Waals surface area contributed by atoms with Gasteiger partial charge in [-0.25, -0.2) is 0 Å². The van der Waals surface area contributed by atoms with Crippen molar-refractivity contribution in [2.24, 2.45) is 0 Å². The second kappa shape index (κ2) is 4.38. The van der Waals surface area contributed by atoms with E-state index in [-0.39, 0.29) is 0 Å². The number of aromatic nitrogens is 1. The van der Waals surface area contributed by atoms with E-state index in [1.807, 2.05) is 19.1 Å². The monoisotopic (exact) mass is 179 g/mol. The van der Waals surface area contributed by atoms with Crippen LogP contribution >= 0.6 is 0 Å². The molecule has 0 spiro atoms. The van der Waals surface area contributed by atoms with Gasteiger partial charge < -0.3 is 5.11 Å². The number of nitrogens with zero attached hydrogens (tertiary/aromatic N) is 1. The van der Waals surface area contributed by atoms with Gasteiger partial charge in [0.2, 0.25) is 0 Å². The molecule has 2 heteroatoms. The zero-order valence-corrected chi connectivity index (χ0v) is 8.33. The van der Waals surface area contributed by atoms with E-state index in [2.05, 4.69) is 11.9 Å². The van der Waals surface area contributed by atoms with Gasteiger partial charge in [0.05, 0.1) is 5.60 Å². The summed E-state index contributed by atoms with van der Waals surface area (Å²) in [6.45, 7) is 4.10. The molecule has 0 radical (unpaired) electrons. The lowest BCUT2D eigenvalue weighted by atomic mass is 9.88. The maximum atomic E-state index is 10.3. The van der Waals surface area contributed by atoms with Gasteiger partial charge >= 0.3 is 0 Å². The fraction of sp³-hybridized carbons (Fsp3) is 0.545. The molecular formula is C11H17NO. The van der Waals surface area contributed by atoms with Crippen LogP contribution < -0.4 is 0 Å². The molecule has 0 aliphatic heterocycles. The Hall–Kier alpha value is -0.890. The molecule has 1 aromatic rings. The lowest BCUT2D eigenvalue weighted by Crippen LogP contribution is -2.24. The molecule has 1 heterocycles. The van der Waals surface area contributed by atoms with Gasteiger partial charge in [0.1, 0.15) is 0 Å². The highest BCUT2D eigenvalue weighted by atomic mass is 16.3. The average molecular weight is 179 g/mol. The molecule has 0 fully saturated rings. The third-order valence-electron chi connectivity index (χ3n) is 2.47. The Kier molecular flexibility index (Phi) is 3.43. The average Bonchev–Trinajstić information content (AvgIpc) is 2.19. The quantitative estimate of drug-likeness (QED) is 0.770. The van der Waals surface area contributed by atoms with Crippen LogP contribution in [-0.2, 0) is 5.60 Å². The maximum Gasteiger partial charge on any atom is 0.0894 e. The molecule has 0 aromatic carbocycles. The standard InChI is InChI=1S/C11H17NO/c1-3-7-11(13,4-2)10-5-8-12-9-6-10/h5-6,8-9,13H,3-4,7H2,1-2H3. The van der Waals surface area contributed by atoms with Crippen molar-refractivity contribution in [3.05, 3.63) is 30.1 Å². The van der Waals surface area contributed by atoms with Crippen molar-refractivity contribution in [2.45, 2.75) is 38.7 Å². The molecule has 13 heavy (non-hydrogen) atoms. The maximum absolute atomic E-state index is 10.3. The molecule has 1 rings (SSSR count).